The number of halogens is 1. The van der Waals surface area contributed by atoms with Crippen LogP contribution in [0, 0.1) is 0 Å². The molecule has 21 heavy (non-hydrogen) atoms. The zero-order chi connectivity index (χ0) is 15.0. The van der Waals surface area contributed by atoms with Crippen molar-refractivity contribution in [2.24, 2.45) is 0 Å². The van der Waals surface area contributed by atoms with Crippen molar-refractivity contribution < 1.29 is 4.79 Å². The molecule has 0 unspecified atom stereocenters. The van der Waals surface area contributed by atoms with Gasteiger partial charge in [0, 0.05) is 46.2 Å². The maximum atomic E-state index is 11.4. The average Bonchev–Trinajstić information content (AvgIpc) is 2.70. The largest absolute Gasteiger partial charge is 0.356 e. The van der Waals surface area contributed by atoms with E-state index in [1.807, 2.05) is 12.1 Å². The molecule has 110 valence electrons. The van der Waals surface area contributed by atoms with Gasteiger partial charge in [-0.1, -0.05) is 11.6 Å². The molecule has 0 saturated carbocycles. The Morgan fingerprint density at radius 2 is 2.24 bits per heavy atom. The third kappa shape index (κ3) is 2.71. The lowest BCUT2D eigenvalue weighted by atomic mass is 10.0. The van der Waals surface area contributed by atoms with Crippen LogP contribution >= 0.6 is 22.9 Å². The molecule has 2 heterocycles. The van der Waals surface area contributed by atoms with Gasteiger partial charge in [-0.25, -0.2) is 0 Å². The fourth-order valence-corrected chi connectivity index (χ4v) is 4.14. The van der Waals surface area contributed by atoms with E-state index < -0.39 is 0 Å². The van der Waals surface area contributed by atoms with Crippen LogP contribution in [0.4, 0.5) is 0 Å². The van der Waals surface area contributed by atoms with Crippen molar-refractivity contribution in [1.29, 1.82) is 0 Å². The molecule has 0 atom stereocenters. The van der Waals surface area contributed by atoms with Crippen LogP contribution in [0.25, 0.3) is 16.2 Å². The van der Waals surface area contributed by atoms with Crippen molar-refractivity contribution in [1.82, 2.24) is 10.2 Å². The highest BCUT2D eigenvalue weighted by molar-refractivity contribution is 7.20. The number of rotatable bonds is 2. The Bertz CT molecular complexity index is 735. The van der Waals surface area contributed by atoms with Crippen LogP contribution in [0.5, 0.6) is 0 Å². The summed E-state index contributed by atoms with van der Waals surface area (Å²) in [5, 5.41) is 4.74. The first kappa shape index (κ1) is 14.6. The highest BCUT2D eigenvalue weighted by atomic mass is 35.5. The first-order valence-corrected chi connectivity index (χ1v) is 8.10. The van der Waals surface area contributed by atoms with Gasteiger partial charge in [0.05, 0.1) is 0 Å². The summed E-state index contributed by atoms with van der Waals surface area (Å²) >= 11 is 8.12. The summed E-state index contributed by atoms with van der Waals surface area (Å²) in [6.07, 6.45) is 4.47. The van der Waals surface area contributed by atoms with Gasteiger partial charge in [0.1, 0.15) is 0 Å². The van der Waals surface area contributed by atoms with Crippen molar-refractivity contribution in [3.63, 3.8) is 0 Å². The van der Waals surface area contributed by atoms with E-state index in [9.17, 15) is 4.79 Å². The number of nitrogens with zero attached hydrogens (tertiary/aromatic N) is 1. The first-order valence-electron chi connectivity index (χ1n) is 6.91. The van der Waals surface area contributed by atoms with E-state index in [-0.39, 0.29) is 5.91 Å². The van der Waals surface area contributed by atoms with Gasteiger partial charge in [-0.2, -0.15) is 0 Å². The Balaban J connectivity index is 2.18. The molecule has 0 fully saturated rings. The number of benzene rings is 1. The molecule has 5 heteroatoms. The third-order valence-corrected chi connectivity index (χ3v) is 5.36. The van der Waals surface area contributed by atoms with Crippen LogP contribution < -0.4 is 5.32 Å². The summed E-state index contributed by atoms with van der Waals surface area (Å²) in [6, 6.07) is 4.06. The molecule has 1 aromatic carbocycles. The zero-order valence-electron chi connectivity index (χ0n) is 12.1. The molecule has 0 radical (unpaired) electrons. The summed E-state index contributed by atoms with van der Waals surface area (Å²) in [6.45, 7) is 1.89. The maximum absolute atomic E-state index is 11.4. The molecule has 1 N–H and O–H groups in total. The molecular weight excluding hydrogens is 304 g/mol. The van der Waals surface area contributed by atoms with E-state index in [4.69, 9.17) is 11.6 Å². The number of likely N-dealkylation sites (N-methyl/N-ethyl adjacent to an activating group) is 2. The number of hydrogen-bond donors (Lipinski definition) is 1. The van der Waals surface area contributed by atoms with Gasteiger partial charge >= 0.3 is 0 Å². The molecule has 0 spiro atoms. The molecule has 2 aromatic rings. The van der Waals surface area contributed by atoms with Crippen LogP contribution in [-0.4, -0.2) is 31.4 Å². The lowest BCUT2D eigenvalue weighted by Crippen LogP contribution is -2.18. The number of thiophene rings is 1. The highest BCUT2D eigenvalue weighted by Crippen LogP contribution is 2.39. The van der Waals surface area contributed by atoms with Crippen LogP contribution in [0.3, 0.4) is 0 Å². The molecule has 0 bridgehead atoms. The topological polar surface area (TPSA) is 32.3 Å². The lowest BCUT2D eigenvalue weighted by Gasteiger charge is -2.13. The van der Waals surface area contributed by atoms with E-state index in [1.165, 1.54) is 21.2 Å². The van der Waals surface area contributed by atoms with Crippen molar-refractivity contribution in [2.75, 3.05) is 20.6 Å². The Morgan fingerprint density at radius 1 is 1.43 bits per heavy atom. The van der Waals surface area contributed by atoms with Gasteiger partial charge in [-0.05, 0) is 42.8 Å². The fraction of sp³-hybridized carbons (Fsp3) is 0.312. The summed E-state index contributed by atoms with van der Waals surface area (Å²) in [4.78, 5) is 14.9. The number of amides is 1. The minimum atomic E-state index is -0.0834. The zero-order valence-corrected chi connectivity index (χ0v) is 13.6. The van der Waals surface area contributed by atoms with Crippen molar-refractivity contribution in [3.8, 4) is 0 Å². The van der Waals surface area contributed by atoms with Gasteiger partial charge in [-0.3, -0.25) is 4.79 Å². The minimum Gasteiger partial charge on any atom is -0.356 e. The molecule has 0 saturated heterocycles. The normalized spacial score (nSPS) is 15.6. The van der Waals surface area contributed by atoms with Crippen LogP contribution in [0.2, 0.25) is 5.02 Å². The Kier molecular flexibility index (Phi) is 4.02. The van der Waals surface area contributed by atoms with E-state index in [0.717, 1.165) is 29.4 Å². The molecule has 0 aliphatic carbocycles. The van der Waals surface area contributed by atoms with Gasteiger partial charge in [0.2, 0.25) is 5.91 Å². The van der Waals surface area contributed by atoms with E-state index >= 15 is 0 Å². The van der Waals surface area contributed by atoms with Crippen molar-refractivity contribution in [3.05, 3.63) is 39.2 Å². The predicted molar refractivity (Wildman–Crippen MR) is 90.0 cm³/mol. The van der Waals surface area contributed by atoms with Gasteiger partial charge in [0.25, 0.3) is 0 Å². The predicted octanol–water partition coefficient (Wildman–Crippen LogP) is 3.30. The fourth-order valence-electron chi connectivity index (χ4n) is 2.74. The molecule has 1 aliphatic heterocycles. The van der Waals surface area contributed by atoms with Gasteiger partial charge < -0.3 is 10.2 Å². The number of carbonyl (C=O) groups excluding carboxylic acids is 1. The SMILES string of the molecule is CNC(=O)/C=C/c1sc2ccc(Cl)c3c2c1CN(C)CC3. The highest BCUT2D eigenvalue weighted by Gasteiger charge is 2.20. The molecular formula is C16H17ClN2OS. The number of hydrogen-bond acceptors (Lipinski definition) is 3. The van der Waals surface area contributed by atoms with E-state index in [1.54, 1.807) is 24.5 Å². The summed E-state index contributed by atoms with van der Waals surface area (Å²) in [7, 11) is 3.76. The average molecular weight is 321 g/mol. The first-order chi connectivity index (χ1) is 10.1. The second kappa shape index (κ2) is 5.79. The maximum Gasteiger partial charge on any atom is 0.243 e. The summed E-state index contributed by atoms with van der Waals surface area (Å²) in [5.41, 5.74) is 2.53. The van der Waals surface area contributed by atoms with Crippen molar-refractivity contribution >= 4 is 45.0 Å². The summed E-state index contributed by atoms with van der Waals surface area (Å²) in [5.74, 6) is -0.0834. The van der Waals surface area contributed by atoms with Gasteiger partial charge in [0.15, 0.2) is 0 Å². The van der Waals surface area contributed by atoms with Crippen LogP contribution in [0.15, 0.2) is 18.2 Å². The number of carbonyl (C=O) groups is 1. The molecule has 3 rings (SSSR count). The standard InChI is InChI=1S/C16H17ClN2OS/c1-18-15(20)6-5-13-11-9-19(2)8-7-10-12(17)3-4-14(21-13)16(10)11/h3-6H,7-9H2,1-2H3,(H,18,20)/b6-5+. The van der Waals surface area contributed by atoms with Crippen LogP contribution in [0.1, 0.15) is 16.0 Å². The monoisotopic (exact) mass is 320 g/mol. The van der Waals surface area contributed by atoms with Crippen LogP contribution in [-0.2, 0) is 17.8 Å². The van der Waals surface area contributed by atoms with E-state index in [2.05, 4.69) is 23.3 Å². The Morgan fingerprint density at radius 3 is 3.00 bits per heavy atom. The van der Waals surface area contributed by atoms with E-state index in [0.29, 0.717) is 0 Å². The Labute approximate surface area is 133 Å². The smallest absolute Gasteiger partial charge is 0.243 e. The van der Waals surface area contributed by atoms with Crippen molar-refractivity contribution in [2.45, 2.75) is 13.0 Å². The molecule has 1 aromatic heterocycles. The molecule has 1 aliphatic rings. The third-order valence-electron chi connectivity index (χ3n) is 3.84. The number of nitrogens with one attached hydrogen (secondary N) is 1. The second-order valence-corrected chi connectivity index (χ2v) is 6.77. The lowest BCUT2D eigenvalue weighted by molar-refractivity contribution is -0.115. The second-order valence-electron chi connectivity index (χ2n) is 5.28. The molecule has 1 amide bonds. The summed E-state index contributed by atoms with van der Waals surface area (Å²) < 4.78 is 1.25. The minimum absolute atomic E-state index is 0.0834. The Hall–Kier alpha value is -1.36. The van der Waals surface area contributed by atoms with Gasteiger partial charge in [-0.15, -0.1) is 11.3 Å². The quantitative estimate of drug-likeness (QED) is 0.861. The molecule has 3 nitrogen and oxygen atoms in total.